The van der Waals surface area contributed by atoms with E-state index in [1.165, 1.54) is 24.3 Å². The summed E-state index contributed by atoms with van der Waals surface area (Å²) in [6.45, 7) is 5.29. The second-order valence-corrected chi connectivity index (χ2v) is 7.19. The Hall–Kier alpha value is -3.55. The summed E-state index contributed by atoms with van der Waals surface area (Å²) in [6.07, 6.45) is 0. The van der Waals surface area contributed by atoms with Crippen LogP contribution in [0.2, 0.25) is 0 Å². The van der Waals surface area contributed by atoms with E-state index in [0.717, 1.165) is 5.56 Å². The lowest BCUT2D eigenvalue weighted by atomic mass is 10.0. The molecule has 3 aromatic rings. The molecule has 8 heteroatoms. The number of ether oxygens (including phenoxy) is 1. The fraction of sp³-hybridized carbons (Fsp3) is 0.273. The van der Waals surface area contributed by atoms with Crippen LogP contribution in [0.5, 0.6) is 0 Å². The van der Waals surface area contributed by atoms with E-state index >= 15 is 0 Å². The number of carbonyl (C=O) groups excluding carboxylic acids is 2. The van der Waals surface area contributed by atoms with Gasteiger partial charge < -0.3 is 14.6 Å². The monoisotopic (exact) mass is 411 g/mol. The van der Waals surface area contributed by atoms with Crippen molar-refractivity contribution in [1.82, 2.24) is 15.5 Å². The van der Waals surface area contributed by atoms with Crippen molar-refractivity contribution in [3.63, 3.8) is 0 Å². The van der Waals surface area contributed by atoms with Crippen molar-refractivity contribution in [2.45, 2.75) is 33.4 Å². The van der Waals surface area contributed by atoms with Crippen LogP contribution in [0.1, 0.15) is 35.6 Å². The third kappa shape index (κ3) is 5.28. The van der Waals surface area contributed by atoms with E-state index < -0.39 is 12.0 Å². The molecule has 7 nitrogen and oxygen atoms in total. The number of aryl methyl sites for hydroxylation is 1. The zero-order valence-corrected chi connectivity index (χ0v) is 16.9. The van der Waals surface area contributed by atoms with Gasteiger partial charge in [-0.25, -0.2) is 9.18 Å². The van der Waals surface area contributed by atoms with Gasteiger partial charge in [0.15, 0.2) is 6.61 Å². The molecule has 1 atom stereocenters. The normalized spacial score (nSPS) is 11.9. The smallest absolute Gasteiger partial charge is 0.329 e. The van der Waals surface area contributed by atoms with Crippen molar-refractivity contribution in [2.75, 3.05) is 0 Å². The molecule has 2 aromatic carbocycles. The highest BCUT2D eigenvalue weighted by Gasteiger charge is 2.26. The average Bonchev–Trinajstić information content (AvgIpc) is 3.19. The second-order valence-electron chi connectivity index (χ2n) is 7.19. The minimum Gasteiger partial charge on any atom is -0.456 e. The van der Waals surface area contributed by atoms with Crippen molar-refractivity contribution >= 4 is 11.9 Å². The van der Waals surface area contributed by atoms with E-state index in [1.54, 1.807) is 18.2 Å². The molecule has 0 aliphatic heterocycles. The molecule has 3 rings (SSSR count). The van der Waals surface area contributed by atoms with Crippen molar-refractivity contribution in [2.24, 2.45) is 5.92 Å². The number of hydrogen-bond donors (Lipinski definition) is 1. The van der Waals surface area contributed by atoms with Gasteiger partial charge in [-0.2, -0.15) is 4.98 Å². The van der Waals surface area contributed by atoms with Gasteiger partial charge in [0, 0.05) is 11.1 Å². The zero-order chi connectivity index (χ0) is 21.7. The summed E-state index contributed by atoms with van der Waals surface area (Å²) >= 11 is 0. The van der Waals surface area contributed by atoms with Crippen LogP contribution in [0.3, 0.4) is 0 Å². The first kappa shape index (κ1) is 21.2. The van der Waals surface area contributed by atoms with Gasteiger partial charge in [0.1, 0.15) is 11.9 Å². The first-order valence-corrected chi connectivity index (χ1v) is 9.46. The first-order valence-electron chi connectivity index (χ1n) is 9.46. The first-order chi connectivity index (χ1) is 14.3. The number of amides is 1. The van der Waals surface area contributed by atoms with E-state index in [2.05, 4.69) is 15.5 Å². The van der Waals surface area contributed by atoms with Gasteiger partial charge in [0.25, 0.3) is 11.8 Å². The van der Waals surface area contributed by atoms with Gasteiger partial charge in [-0.3, -0.25) is 4.79 Å². The molecule has 0 unspecified atom stereocenters. The molecule has 1 heterocycles. The minimum atomic E-state index is -0.832. The lowest BCUT2D eigenvalue weighted by molar-refractivity contribution is -0.148. The lowest BCUT2D eigenvalue weighted by Crippen LogP contribution is -2.45. The Morgan fingerprint density at radius 1 is 1.17 bits per heavy atom. The van der Waals surface area contributed by atoms with Crippen molar-refractivity contribution in [3.8, 4) is 11.5 Å². The summed E-state index contributed by atoms with van der Waals surface area (Å²) in [6, 6.07) is 11.8. The Morgan fingerprint density at radius 2 is 1.90 bits per heavy atom. The average molecular weight is 411 g/mol. The van der Waals surface area contributed by atoms with Crippen LogP contribution in [-0.2, 0) is 16.1 Å². The van der Waals surface area contributed by atoms with E-state index in [0.29, 0.717) is 11.1 Å². The highest BCUT2D eigenvalue weighted by atomic mass is 19.1. The standard InChI is InChI=1S/C22H22FN3O4/c1-13(2)19(25-20(27)16-6-4-5-14(3)11-16)22(28)29-12-18-24-21(30-26-18)15-7-9-17(23)10-8-15/h4-11,13,19H,12H2,1-3H3,(H,25,27)/t19-/m0/s1. The second kappa shape index (κ2) is 9.30. The molecule has 0 saturated carbocycles. The van der Waals surface area contributed by atoms with Crippen molar-refractivity contribution in [1.29, 1.82) is 0 Å². The van der Waals surface area contributed by atoms with E-state index in [4.69, 9.17) is 9.26 Å². The van der Waals surface area contributed by atoms with Crippen molar-refractivity contribution < 1.29 is 23.2 Å². The Kier molecular flexibility index (Phi) is 6.56. The van der Waals surface area contributed by atoms with Gasteiger partial charge in [-0.05, 0) is 49.2 Å². The predicted molar refractivity (Wildman–Crippen MR) is 107 cm³/mol. The largest absolute Gasteiger partial charge is 0.456 e. The molecule has 1 amide bonds. The highest BCUT2D eigenvalue weighted by molar-refractivity contribution is 5.97. The molecule has 156 valence electrons. The van der Waals surface area contributed by atoms with Gasteiger partial charge in [0.05, 0.1) is 0 Å². The topological polar surface area (TPSA) is 94.3 Å². The molecule has 30 heavy (non-hydrogen) atoms. The van der Waals surface area contributed by atoms with Gasteiger partial charge >= 0.3 is 5.97 Å². The van der Waals surface area contributed by atoms with Crippen molar-refractivity contribution in [3.05, 3.63) is 71.3 Å². The Morgan fingerprint density at radius 3 is 2.57 bits per heavy atom. The summed E-state index contributed by atoms with van der Waals surface area (Å²) in [5.74, 6) is -1.16. The SMILES string of the molecule is Cc1cccc(C(=O)N[C@H](C(=O)OCc2noc(-c3ccc(F)cc3)n2)C(C)C)c1. The fourth-order valence-electron chi connectivity index (χ4n) is 2.76. The Bertz CT molecular complexity index is 1030. The fourth-order valence-corrected chi connectivity index (χ4v) is 2.76. The summed E-state index contributed by atoms with van der Waals surface area (Å²) in [7, 11) is 0. The number of esters is 1. The van der Waals surface area contributed by atoms with Crippen LogP contribution in [0.25, 0.3) is 11.5 Å². The maximum Gasteiger partial charge on any atom is 0.329 e. The van der Waals surface area contributed by atoms with Crippen LogP contribution >= 0.6 is 0 Å². The van der Waals surface area contributed by atoms with Gasteiger partial charge in [-0.15, -0.1) is 0 Å². The highest BCUT2D eigenvalue weighted by Crippen LogP contribution is 2.18. The van der Waals surface area contributed by atoms with E-state index in [1.807, 2.05) is 26.8 Å². The van der Waals surface area contributed by atoms with E-state index in [-0.39, 0.29) is 36.0 Å². The molecular formula is C22H22FN3O4. The molecule has 0 saturated heterocycles. The zero-order valence-electron chi connectivity index (χ0n) is 16.9. The third-order valence-electron chi connectivity index (χ3n) is 4.39. The number of hydrogen-bond acceptors (Lipinski definition) is 6. The third-order valence-corrected chi connectivity index (χ3v) is 4.39. The Labute approximate surface area is 173 Å². The number of rotatable bonds is 7. The molecule has 1 aromatic heterocycles. The molecule has 0 aliphatic carbocycles. The van der Waals surface area contributed by atoms with Gasteiger partial charge in [-0.1, -0.05) is 36.7 Å². The lowest BCUT2D eigenvalue weighted by Gasteiger charge is -2.20. The summed E-state index contributed by atoms with van der Waals surface area (Å²) in [5.41, 5.74) is 1.96. The number of nitrogens with one attached hydrogen (secondary N) is 1. The summed E-state index contributed by atoms with van der Waals surface area (Å²) < 4.78 is 23.4. The number of carbonyl (C=O) groups is 2. The van der Waals surface area contributed by atoms with Crippen LogP contribution in [0, 0.1) is 18.7 Å². The van der Waals surface area contributed by atoms with Crippen LogP contribution in [-0.4, -0.2) is 28.1 Å². The molecule has 0 bridgehead atoms. The number of nitrogens with zero attached hydrogens (tertiary/aromatic N) is 2. The molecule has 0 aliphatic rings. The number of benzene rings is 2. The number of halogens is 1. The molecule has 0 fully saturated rings. The van der Waals surface area contributed by atoms with Crippen LogP contribution in [0.15, 0.2) is 53.1 Å². The maximum absolute atomic E-state index is 13.0. The van der Waals surface area contributed by atoms with Crippen LogP contribution < -0.4 is 5.32 Å². The van der Waals surface area contributed by atoms with E-state index in [9.17, 15) is 14.0 Å². The quantitative estimate of drug-likeness (QED) is 0.596. The summed E-state index contributed by atoms with van der Waals surface area (Å²) in [4.78, 5) is 29.2. The summed E-state index contributed by atoms with van der Waals surface area (Å²) in [5, 5.41) is 6.48. The maximum atomic E-state index is 13.0. The molecule has 0 spiro atoms. The predicted octanol–water partition coefficient (Wildman–Crippen LogP) is 3.68. The molecule has 1 N–H and O–H groups in total. The molecular weight excluding hydrogens is 389 g/mol. The van der Waals surface area contributed by atoms with Crippen LogP contribution in [0.4, 0.5) is 4.39 Å². The number of aromatic nitrogens is 2. The molecule has 0 radical (unpaired) electrons. The van der Waals surface area contributed by atoms with Gasteiger partial charge in [0.2, 0.25) is 5.82 Å². The Balaban J connectivity index is 1.61. The minimum absolute atomic E-state index is 0.162.